The molecule has 4 rings (SSSR count). The van der Waals surface area contributed by atoms with E-state index in [1.807, 2.05) is 0 Å². The summed E-state index contributed by atoms with van der Waals surface area (Å²) in [4.78, 5) is 4.11. The van der Waals surface area contributed by atoms with Crippen molar-refractivity contribution in [2.24, 2.45) is 0 Å². The molecule has 0 aliphatic heterocycles. The molecule has 2 aliphatic carbocycles. The Morgan fingerprint density at radius 3 is 2.43 bits per heavy atom. The van der Waals surface area contributed by atoms with Gasteiger partial charge in [-0.25, -0.2) is 0 Å². The molecule has 0 saturated heterocycles. The van der Waals surface area contributed by atoms with Crippen LogP contribution in [0.3, 0.4) is 0 Å². The van der Waals surface area contributed by atoms with E-state index in [0.717, 1.165) is 48.4 Å². The second-order valence-corrected chi connectivity index (χ2v) is 6.59. The number of aryl methyl sites for hydroxylation is 2. The molecule has 7 heteroatoms. The van der Waals surface area contributed by atoms with Crippen LogP contribution in [0.5, 0.6) is 11.8 Å². The van der Waals surface area contributed by atoms with Crippen LogP contribution in [-0.2, 0) is 25.7 Å². The summed E-state index contributed by atoms with van der Waals surface area (Å²) in [5.74, 6) is 0.896. The standard InChI is InChI=1S/C14H13BrFN3OS/c15-13-17-14(19(18-13)21-16)20-12-10-5-1-3-8(10)7-9-4-2-6-11(9)12/h7H,1-6H2. The zero-order valence-electron chi connectivity index (χ0n) is 11.2. The van der Waals surface area contributed by atoms with Gasteiger partial charge in [-0.1, -0.05) is 6.07 Å². The largest absolute Gasteiger partial charge is 0.423 e. The molecule has 2 aliphatic rings. The zero-order chi connectivity index (χ0) is 14.4. The molecule has 0 unspecified atom stereocenters. The summed E-state index contributed by atoms with van der Waals surface area (Å²) in [6, 6.07) is 2.52. The summed E-state index contributed by atoms with van der Waals surface area (Å²) in [7, 11) is 0. The van der Waals surface area contributed by atoms with Crippen LogP contribution in [0.1, 0.15) is 35.1 Å². The summed E-state index contributed by atoms with van der Waals surface area (Å²) < 4.78 is 20.3. The number of halogens is 2. The van der Waals surface area contributed by atoms with Gasteiger partial charge in [-0.05, 0) is 76.7 Å². The number of nitrogens with zero attached hydrogens (tertiary/aromatic N) is 3. The van der Waals surface area contributed by atoms with Crippen LogP contribution in [-0.4, -0.2) is 14.2 Å². The van der Waals surface area contributed by atoms with Crippen LogP contribution in [0.25, 0.3) is 0 Å². The first-order valence-corrected chi connectivity index (χ1v) is 8.49. The number of benzene rings is 1. The normalized spacial score (nSPS) is 16.1. The van der Waals surface area contributed by atoms with E-state index in [0.29, 0.717) is 4.73 Å². The van der Waals surface area contributed by atoms with Crippen molar-refractivity contribution in [1.82, 2.24) is 14.2 Å². The molecular weight excluding hydrogens is 357 g/mol. The van der Waals surface area contributed by atoms with Crippen molar-refractivity contribution in [3.05, 3.63) is 33.1 Å². The Hall–Kier alpha value is -1.08. The quantitative estimate of drug-likeness (QED) is 0.812. The van der Waals surface area contributed by atoms with Gasteiger partial charge in [0.05, 0.1) is 0 Å². The van der Waals surface area contributed by atoms with E-state index in [2.05, 4.69) is 32.1 Å². The van der Waals surface area contributed by atoms with E-state index >= 15 is 0 Å². The van der Waals surface area contributed by atoms with Crippen molar-refractivity contribution >= 4 is 28.3 Å². The molecule has 1 aromatic heterocycles. The first-order valence-electron chi connectivity index (χ1n) is 7.02. The highest BCUT2D eigenvalue weighted by atomic mass is 79.9. The molecule has 2 aromatic rings. The summed E-state index contributed by atoms with van der Waals surface area (Å²) in [6.07, 6.45) is 6.57. The van der Waals surface area contributed by atoms with Crippen molar-refractivity contribution in [3.8, 4) is 11.8 Å². The Morgan fingerprint density at radius 1 is 1.14 bits per heavy atom. The lowest BCUT2D eigenvalue weighted by Gasteiger charge is -2.14. The van der Waals surface area contributed by atoms with Gasteiger partial charge in [0, 0.05) is 0 Å². The van der Waals surface area contributed by atoms with E-state index in [-0.39, 0.29) is 18.3 Å². The Balaban J connectivity index is 1.81. The second-order valence-electron chi connectivity index (χ2n) is 5.40. The molecule has 0 atom stereocenters. The number of fused-ring (bicyclic) bond motifs is 2. The first-order chi connectivity index (χ1) is 10.3. The second kappa shape index (κ2) is 5.28. The van der Waals surface area contributed by atoms with Gasteiger partial charge in [0.1, 0.15) is 5.75 Å². The smallest absolute Gasteiger partial charge is 0.334 e. The third-order valence-corrected chi connectivity index (χ3v) is 4.91. The minimum Gasteiger partial charge on any atom is -0.423 e. The molecule has 0 saturated carbocycles. The maximum Gasteiger partial charge on any atom is 0.334 e. The molecule has 0 fully saturated rings. The molecule has 110 valence electrons. The number of hydrogen-bond acceptors (Lipinski definition) is 4. The van der Waals surface area contributed by atoms with Crippen molar-refractivity contribution in [3.63, 3.8) is 0 Å². The average Bonchev–Trinajstić information content (AvgIpc) is 3.17. The molecule has 0 radical (unpaired) electrons. The summed E-state index contributed by atoms with van der Waals surface area (Å²) in [5.41, 5.74) is 5.29. The summed E-state index contributed by atoms with van der Waals surface area (Å²) in [5, 5.41) is 3.90. The van der Waals surface area contributed by atoms with Gasteiger partial charge in [-0.3, -0.25) is 0 Å². The molecule has 4 nitrogen and oxygen atoms in total. The summed E-state index contributed by atoms with van der Waals surface area (Å²) in [6.45, 7) is 0. The minimum absolute atomic E-state index is 0.00988. The van der Waals surface area contributed by atoms with Gasteiger partial charge in [-0.2, -0.15) is 4.98 Å². The Labute approximate surface area is 134 Å². The van der Waals surface area contributed by atoms with Crippen LogP contribution in [0.2, 0.25) is 0 Å². The van der Waals surface area contributed by atoms with Gasteiger partial charge < -0.3 is 4.74 Å². The highest BCUT2D eigenvalue weighted by Crippen LogP contribution is 2.42. The number of hydrogen-bond donors (Lipinski definition) is 0. The predicted octanol–water partition coefficient (Wildman–Crippen LogP) is 4.19. The Bertz CT molecular complexity index is 686. The lowest BCUT2D eigenvalue weighted by atomic mass is 10.0. The first kappa shape index (κ1) is 13.6. The number of aromatic nitrogens is 3. The average molecular weight is 370 g/mol. The highest BCUT2D eigenvalue weighted by molar-refractivity contribution is 9.10. The monoisotopic (exact) mass is 369 g/mol. The van der Waals surface area contributed by atoms with Crippen LogP contribution >= 0.6 is 28.3 Å². The molecule has 1 heterocycles. The molecule has 0 spiro atoms. The van der Waals surface area contributed by atoms with E-state index in [9.17, 15) is 3.89 Å². The topological polar surface area (TPSA) is 39.9 Å². The van der Waals surface area contributed by atoms with Gasteiger partial charge in [0.2, 0.25) is 4.73 Å². The van der Waals surface area contributed by atoms with E-state index < -0.39 is 0 Å². The van der Waals surface area contributed by atoms with E-state index in [1.54, 1.807) is 0 Å². The van der Waals surface area contributed by atoms with Crippen molar-refractivity contribution in [1.29, 1.82) is 0 Å². The third kappa shape index (κ3) is 2.26. The maximum atomic E-state index is 12.9. The fraction of sp³-hybridized carbons (Fsp3) is 0.429. The Kier molecular flexibility index (Phi) is 3.41. The lowest BCUT2D eigenvalue weighted by molar-refractivity contribution is 0.428. The molecule has 0 amide bonds. The third-order valence-electron chi connectivity index (χ3n) is 4.20. The maximum absolute atomic E-state index is 12.9. The highest BCUT2D eigenvalue weighted by Gasteiger charge is 2.26. The SMILES string of the molecule is FSn1nc(Br)nc1Oc1c2c(cc3c1CCC3)CCC2. The van der Waals surface area contributed by atoms with Crippen LogP contribution in [0, 0.1) is 0 Å². The minimum atomic E-state index is -0.00988. The molecule has 0 N–H and O–H groups in total. The van der Waals surface area contributed by atoms with Crippen molar-refractivity contribution < 1.29 is 8.62 Å². The van der Waals surface area contributed by atoms with Crippen LogP contribution in [0.15, 0.2) is 10.8 Å². The van der Waals surface area contributed by atoms with Crippen molar-refractivity contribution in [2.75, 3.05) is 0 Å². The molecular formula is C14H13BrFN3OS. The fourth-order valence-corrected chi connectivity index (χ4v) is 4.01. The number of ether oxygens (including phenoxy) is 1. The Morgan fingerprint density at radius 2 is 1.81 bits per heavy atom. The van der Waals surface area contributed by atoms with Gasteiger partial charge in [0.25, 0.3) is 0 Å². The molecule has 0 bridgehead atoms. The van der Waals surface area contributed by atoms with Crippen LogP contribution < -0.4 is 4.74 Å². The van der Waals surface area contributed by atoms with Gasteiger partial charge >= 0.3 is 6.01 Å². The van der Waals surface area contributed by atoms with E-state index in [1.165, 1.54) is 22.3 Å². The number of rotatable bonds is 3. The fourth-order valence-electron chi connectivity index (χ4n) is 3.35. The van der Waals surface area contributed by atoms with Gasteiger partial charge in [-0.15, -0.1) is 13.1 Å². The van der Waals surface area contributed by atoms with Crippen molar-refractivity contribution in [2.45, 2.75) is 38.5 Å². The molecule has 21 heavy (non-hydrogen) atoms. The molecule has 1 aromatic carbocycles. The van der Waals surface area contributed by atoms with E-state index in [4.69, 9.17) is 4.74 Å². The predicted molar refractivity (Wildman–Crippen MR) is 82.4 cm³/mol. The van der Waals surface area contributed by atoms with Gasteiger partial charge in [0.15, 0.2) is 12.3 Å². The summed E-state index contributed by atoms with van der Waals surface area (Å²) >= 11 is 3.15. The van der Waals surface area contributed by atoms with Crippen LogP contribution in [0.4, 0.5) is 3.89 Å². The zero-order valence-corrected chi connectivity index (χ0v) is 13.6. The lowest BCUT2D eigenvalue weighted by Crippen LogP contribution is -2.01.